The molecule has 0 atom stereocenters. The molecule has 0 unspecified atom stereocenters. The minimum atomic E-state index is -3.49. The van der Waals surface area contributed by atoms with Gasteiger partial charge in [0.05, 0.1) is 22.3 Å². The Labute approximate surface area is 191 Å². The van der Waals surface area contributed by atoms with Gasteiger partial charge in [0.25, 0.3) is 0 Å². The first kappa shape index (κ1) is 23.2. The number of ether oxygens (including phenoxy) is 3. The van der Waals surface area contributed by atoms with Crippen molar-refractivity contribution in [1.29, 1.82) is 0 Å². The molecule has 1 aromatic heterocycles. The highest BCUT2D eigenvalue weighted by atomic mass is 32.2. The van der Waals surface area contributed by atoms with Crippen molar-refractivity contribution >= 4 is 15.9 Å². The Kier molecular flexibility index (Phi) is 6.68. The van der Waals surface area contributed by atoms with Gasteiger partial charge in [-0.15, -0.1) is 0 Å². The average molecular weight is 480 g/mol. The van der Waals surface area contributed by atoms with E-state index in [4.69, 9.17) is 14.2 Å². The predicted octanol–water partition coefficient (Wildman–Crippen LogP) is 3.73. The Morgan fingerprint density at radius 2 is 1.79 bits per heavy atom. The Hall–Kier alpha value is -2.95. The summed E-state index contributed by atoms with van der Waals surface area (Å²) in [6.45, 7) is 4.62. The number of aromatic nitrogens is 2. The van der Waals surface area contributed by atoms with E-state index in [9.17, 15) is 17.6 Å². The molecule has 2 heterocycles. The van der Waals surface area contributed by atoms with E-state index in [1.165, 1.54) is 24.5 Å². The van der Waals surface area contributed by atoms with Crippen LogP contribution < -0.4 is 9.47 Å². The summed E-state index contributed by atoms with van der Waals surface area (Å²) in [4.78, 5) is 21.6. The Bertz CT molecular complexity index is 1110. The number of hydrogen-bond donors (Lipinski definition) is 0. The van der Waals surface area contributed by atoms with Crippen LogP contribution in [0.25, 0.3) is 0 Å². The number of carbonyl (C=O) groups is 1. The number of sulfone groups is 1. The molecule has 33 heavy (non-hydrogen) atoms. The monoisotopic (exact) mass is 479 g/mol. The van der Waals surface area contributed by atoms with Crippen LogP contribution in [0.4, 0.5) is 9.18 Å². The van der Waals surface area contributed by atoms with Gasteiger partial charge in [0.2, 0.25) is 11.8 Å². The van der Waals surface area contributed by atoms with Crippen LogP contribution in [0, 0.1) is 5.82 Å². The summed E-state index contributed by atoms with van der Waals surface area (Å²) in [5.74, 6) is -0.615. The highest BCUT2D eigenvalue weighted by molar-refractivity contribution is 7.92. The van der Waals surface area contributed by atoms with E-state index in [-0.39, 0.29) is 40.7 Å². The van der Waals surface area contributed by atoms with Crippen LogP contribution in [0.3, 0.4) is 0 Å². The van der Waals surface area contributed by atoms with Gasteiger partial charge in [-0.3, -0.25) is 0 Å². The number of likely N-dealkylation sites (tertiary alicyclic amines) is 1. The topological polar surface area (TPSA) is 108 Å². The van der Waals surface area contributed by atoms with Gasteiger partial charge < -0.3 is 19.1 Å². The molecular formula is C22H26FN3O6S. The SMILES string of the molecule is CC(C)OC(=O)N1CCC(Oc2cc(Oc3ccc(S(=O)(=O)C4CC4)cc3F)ncn2)CC1. The number of halogens is 1. The first-order valence-electron chi connectivity index (χ1n) is 10.9. The Balaban J connectivity index is 1.35. The van der Waals surface area contributed by atoms with Crippen molar-refractivity contribution < 1.29 is 31.8 Å². The van der Waals surface area contributed by atoms with E-state index in [1.54, 1.807) is 18.7 Å². The average Bonchev–Trinajstić information content (AvgIpc) is 3.61. The molecule has 1 aromatic carbocycles. The molecule has 4 rings (SSSR count). The van der Waals surface area contributed by atoms with E-state index < -0.39 is 20.9 Å². The minimum absolute atomic E-state index is 0.0508. The molecule has 2 aromatic rings. The zero-order valence-electron chi connectivity index (χ0n) is 18.4. The highest BCUT2D eigenvalue weighted by Crippen LogP contribution is 2.35. The van der Waals surface area contributed by atoms with Crippen LogP contribution in [0.2, 0.25) is 0 Å². The molecule has 11 heteroatoms. The summed E-state index contributed by atoms with van der Waals surface area (Å²) < 4.78 is 55.7. The quantitative estimate of drug-likeness (QED) is 0.591. The van der Waals surface area contributed by atoms with Crippen molar-refractivity contribution in [2.24, 2.45) is 0 Å². The van der Waals surface area contributed by atoms with Crippen molar-refractivity contribution in [1.82, 2.24) is 14.9 Å². The molecule has 0 bridgehead atoms. The maximum Gasteiger partial charge on any atom is 0.410 e. The first-order chi connectivity index (χ1) is 15.7. The van der Waals surface area contributed by atoms with E-state index in [0.29, 0.717) is 38.8 Å². The summed E-state index contributed by atoms with van der Waals surface area (Å²) in [6, 6.07) is 5.02. The summed E-state index contributed by atoms with van der Waals surface area (Å²) >= 11 is 0. The fraction of sp³-hybridized carbons (Fsp3) is 0.500. The van der Waals surface area contributed by atoms with E-state index >= 15 is 0 Å². The molecule has 0 N–H and O–H groups in total. The number of benzene rings is 1. The Morgan fingerprint density at radius 1 is 1.09 bits per heavy atom. The van der Waals surface area contributed by atoms with Crippen molar-refractivity contribution in [3.63, 3.8) is 0 Å². The van der Waals surface area contributed by atoms with Gasteiger partial charge in [0, 0.05) is 25.9 Å². The summed E-state index contributed by atoms with van der Waals surface area (Å²) in [5.41, 5.74) is 0. The van der Waals surface area contributed by atoms with Crippen LogP contribution >= 0.6 is 0 Å². The maximum atomic E-state index is 14.5. The van der Waals surface area contributed by atoms with Gasteiger partial charge in [0.15, 0.2) is 21.4 Å². The van der Waals surface area contributed by atoms with Crippen LogP contribution in [-0.4, -0.2) is 59.9 Å². The van der Waals surface area contributed by atoms with Gasteiger partial charge in [-0.1, -0.05) is 0 Å². The smallest absolute Gasteiger partial charge is 0.410 e. The van der Waals surface area contributed by atoms with Crippen molar-refractivity contribution in [2.75, 3.05) is 13.1 Å². The van der Waals surface area contributed by atoms with Crippen molar-refractivity contribution in [3.8, 4) is 17.5 Å². The van der Waals surface area contributed by atoms with Crippen molar-refractivity contribution in [3.05, 3.63) is 36.4 Å². The molecule has 2 fully saturated rings. The second-order valence-corrected chi connectivity index (χ2v) is 10.6. The van der Waals surface area contributed by atoms with Crippen LogP contribution in [-0.2, 0) is 14.6 Å². The molecule has 178 valence electrons. The van der Waals surface area contributed by atoms with Crippen LogP contribution in [0.15, 0.2) is 35.5 Å². The normalized spacial score (nSPS) is 17.2. The molecule has 9 nitrogen and oxygen atoms in total. The van der Waals surface area contributed by atoms with Gasteiger partial charge >= 0.3 is 6.09 Å². The standard InChI is InChI=1S/C22H26FN3O6S/c1-14(2)30-22(27)26-9-7-15(8-10-26)31-20-12-21(25-13-24-20)32-19-6-5-17(11-18(19)23)33(28,29)16-3-4-16/h5-6,11-16H,3-4,7-10H2,1-2H3. The molecule has 1 saturated carbocycles. The number of nitrogens with zero attached hydrogens (tertiary/aromatic N) is 3. The van der Waals surface area contributed by atoms with E-state index in [0.717, 1.165) is 6.07 Å². The third-order valence-corrected chi connectivity index (χ3v) is 7.61. The fourth-order valence-electron chi connectivity index (χ4n) is 3.47. The van der Waals surface area contributed by atoms with Crippen LogP contribution in [0.1, 0.15) is 39.5 Å². The molecule has 0 radical (unpaired) electrons. The third-order valence-electron chi connectivity index (χ3n) is 5.35. The fourth-order valence-corrected chi connectivity index (χ4v) is 5.14. The third kappa shape index (κ3) is 5.70. The van der Waals surface area contributed by atoms with Gasteiger partial charge in [0.1, 0.15) is 12.4 Å². The predicted molar refractivity (Wildman–Crippen MR) is 116 cm³/mol. The first-order valence-corrected chi connectivity index (χ1v) is 12.4. The summed E-state index contributed by atoms with van der Waals surface area (Å²) in [5, 5.41) is -0.419. The van der Waals surface area contributed by atoms with E-state index in [1.807, 2.05) is 0 Å². The van der Waals surface area contributed by atoms with Gasteiger partial charge in [-0.05, 0) is 44.9 Å². The van der Waals surface area contributed by atoms with Crippen molar-refractivity contribution in [2.45, 2.75) is 61.9 Å². The maximum absolute atomic E-state index is 14.5. The lowest BCUT2D eigenvalue weighted by Crippen LogP contribution is -2.42. The zero-order chi connectivity index (χ0) is 23.6. The molecular weight excluding hydrogens is 453 g/mol. The number of rotatable bonds is 7. The number of amides is 1. The molecule has 0 spiro atoms. The number of piperidine rings is 1. The summed E-state index contributed by atoms with van der Waals surface area (Å²) in [6.07, 6.45) is 3.01. The Morgan fingerprint density at radius 3 is 2.42 bits per heavy atom. The van der Waals surface area contributed by atoms with Gasteiger partial charge in [-0.25, -0.2) is 27.6 Å². The number of carbonyl (C=O) groups excluding carboxylic acids is 1. The molecule has 1 saturated heterocycles. The lowest BCUT2D eigenvalue weighted by atomic mass is 10.1. The molecule has 1 aliphatic carbocycles. The minimum Gasteiger partial charge on any atom is -0.474 e. The highest BCUT2D eigenvalue weighted by Gasteiger charge is 2.37. The second-order valence-electron chi connectivity index (χ2n) is 8.37. The lowest BCUT2D eigenvalue weighted by Gasteiger charge is -2.31. The second kappa shape index (κ2) is 9.50. The van der Waals surface area contributed by atoms with Gasteiger partial charge in [-0.2, -0.15) is 0 Å². The molecule has 2 aliphatic rings. The zero-order valence-corrected chi connectivity index (χ0v) is 19.3. The van der Waals surface area contributed by atoms with Crippen LogP contribution in [0.5, 0.6) is 17.5 Å². The summed E-state index contributed by atoms with van der Waals surface area (Å²) in [7, 11) is -3.49. The lowest BCUT2D eigenvalue weighted by molar-refractivity contribution is 0.0507. The largest absolute Gasteiger partial charge is 0.474 e. The van der Waals surface area contributed by atoms with E-state index in [2.05, 4.69) is 9.97 Å². The molecule has 1 aliphatic heterocycles. The molecule has 1 amide bonds. The number of hydrogen-bond acceptors (Lipinski definition) is 8.